The van der Waals surface area contributed by atoms with E-state index >= 15 is 0 Å². The SMILES string of the molecule is c1ccc(-c2ccc(N(c3ccc(-c4ccccc4)cc3)c3ccc(-c4cccc(C5(c6ccccc6)c6ccccc6C6(c7ccccc7)c7ccccc7-c7cccc5c76)c4)cc3)cc2)cc1. The van der Waals surface area contributed by atoms with Gasteiger partial charge in [-0.15, -0.1) is 0 Å². The van der Waals surface area contributed by atoms with Crippen molar-refractivity contribution < 1.29 is 0 Å². The molecule has 0 bridgehead atoms. The Morgan fingerprint density at radius 1 is 0.217 bits per heavy atom. The van der Waals surface area contributed by atoms with Gasteiger partial charge in [0.25, 0.3) is 0 Å². The summed E-state index contributed by atoms with van der Waals surface area (Å²) in [4.78, 5) is 2.36. The first-order valence-electron chi connectivity index (χ1n) is 24.0. The molecule has 2 aliphatic carbocycles. The third-order valence-electron chi connectivity index (χ3n) is 14.8. The van der Waals surface area contributed by atoms with Gasteiger partial charge in [-0.1, -0.05) is 243 Å². The predicted octanol–water partition coefficient (Wildman–Crippen LogP) is 17.2. The summed E-state index contributed by atoms with van der Waals surface area (Å²) in [6, 6.07) is 105. The summed E-state index contributed by atoms with van der Waals surface area (Å²) in [6.07, 6.45) is 0. The maximum Gasteiger partial charge on any atom is 0.0720 e. The molecule has 2 atom stereocenters. The number of anilines is 3. The number of hydrogen-bond donors (Lipinski definition) is 0. The van der Waals surface area contributed by atoms with Crippen molar-refractivity contribution in [1.29, 1.82) is 0 Å². The minimum atomic E-state index is -0.617. The molecule has 324 valence electrons. The second-order valence-corrected chi connectivity index (χ2v) is 18.3. The summed E-state index contributed by atoms with van der Waals surface area (Å²) >= 11 is 0. The van der Waals surface area contributed by atoms with E-state index in [9.17, 15) is 0 Å². The lowest BCUT2D eigenvalue weighted by Crippen LogP contribution is -2.44. The molecule has 0 saturated heterocycles. The summed E-state index contributed by atoms with van der Waals surface area (Å²) in [6.45, 7) is 0. The number of benzene rings is 11. The van der Waals surface area contributed by atoms with Gasteiger partial charge >= 0.3 is 0 Å². The van der Waals surface area contributed by atoms with Crippen LogP contribution in [0.15, 0.2) is 285 Å². The van der Waals surface area contributed by atoms with Crippen molar-refractivity contribution in [2.75, 3.05) is 4.90 Å². The van der Waals surface area contributed by atoms with E-state index in [2.05, 4.69) is 290 Å². The van der Waals surface area contributed by atoms with Gasteiger partial charge in [0.1, 0.15) is 0 Å². The lowest BCUT2D eigenvalue weighted by atomic mass is 9.51. The average Bonchev–Trinajstić information content (AvgIpc) is 3.75. The Labute approximate surface area is 404 Å². The highest BCUT2D eigenvalue weighted by Gasteiger charge is 2.57. The number of nitrogens with zero attached hydrogens (tertiary/aromatic N) is 1. The maximum atomic E-state index is 2.46. The molecule has 0 amide bonds. The molecule has 69 heavy (non-hydrogen) atoms. The van der Waals surface area contributed by atoms with Crippen LogP contribution in [0.25, 0.3) is 44.5 Å². The fourth-order valence-electron chi connectivity index (χ4n) is 11.9. The Bertz CT molecular complexity index is 3540. The van der Waals surface area contributed by atoms with Crippen molar-refractivity contribution in [2.45, 2.75) is 10.8 Å². The van der Waals surface area contributed by atoms with E-state index in [0.29, 0.717) is 0 Å². The minimum Gasteiger partial charge on any atom is -0.311 e. The number of hydrogen-bond acceptors (Lipinski definition) is 1. The normalized spacial score (nSPS) is 16.2. The van der Waals surface area contributed by atoms with Crippen molar-refractivity contribution in [3.05, 3.63) is 330 Å². The zero-order valence-corrected chi connectivity index (χ0v) is 38.1. The van der Waals surface area contributed by atoms with Gasteiger partial charge in [0, 0.05) is 17.1 Å². The van der Waals surface area contributed by atoms with E-state index in [1.807, 2.05) is 0 Å². The van der Waals surface area contributed by atoms with Crippen molar-refractivity contribution in [3.63, 3.8) is 0 Å². The molecule has 13 rings (SSSR count). The van der Waals surface area contributed by atoms with Crippen molar-refractivity contribution >= 4 is 17.1 Å². The molecule has 1 heteroatoms. The molecule has 0 fully saturated rings. The highest BCUT2D eigenvalue weighted by Crippen LogP contribution is 2.65. The van der Waals surface area contributed by atoms with Crippen LogP contribution in [-0.4, -0.2) is 0 Å². The molecule has 0 radical (unpaired) electrons. The predicted molar refractivity (Wildman–Crippen MR) is 287 cm³/mol. The van der Waals surface area contributed by atoms with Gasteiger partial charge < -0.3 is 4.90 Å². The summed E-state index contributed by atoms with van der Waals surface area (Å²) in [7, 11) is 0. The first-order valence-corrected chi connectivity index (χ1v) is 24.0. The molecular formula is C68H47N. The first-order chi connectivity index (χ1) is 34.2. The largest absolute Gasteiger partial charge is 0.311 e. The maximum absolute atomic E-state index is 2.46. The van der Waals surface area contributed by atoms with Crippen LogP contribution in [0.2, 0.25) is 0 Å². The van der Waals surface area contributed by atoms with E-state index in [-0.39, 0.29) is 0 Å². The van der Waals surface area contributed by atoms with Crippen LogP contribution in [0.1, 0.15) is 44.5 Å². The Kier molecular flexibility index (Phi) is 9.70. The number of rotatable bonds is 9. The third kappa shape index (κ3) is 6.32. The van der Waals surface area contributed by atoms with Gasteiger partial charge in [-0.2, -0.15) is 0 Å². The van der Waals surface area contributed by atoms with Gasteiger partial charge in [0.2, 0.25) is 0 Å². The molecule has 11 aromatic rings. The molecule has 0 aliphatic heterocycles. The Hall–Kier alpha value is -8.78. The van der Waals surface area contributed by atoms with Gasteiger partial charge in [-0.3, -0.25) is 0 Å². The van der Waals surface area contributed by atoms with Crippen LogP contribution >= 0.6 is 0 Å². The monoisotopic (exact) mass is 877 g/mol. The summed E-state index contributed by atoms with van der Waals surface area (Å²) in [5.74, 6) is 0. The van der Waals surface area contributed by atoms with Gasteiger partial charge in [0.05, 0.1) is 10.8 Å². The Balaban J connectivity index is 0.961. The quantitative estimate of drug-likeness (QED) is 0.140. The van der Waals surface area contributed by atoms with Crippen molar-refractivity contribution in [2.24, 2.45) is 0 Å². The van der Waals surface area contributed by atoms with Gasteiger partial charge in [-0.05, 0) is 131 Å². The standard InChI is InChI=1S/C68H47N/c1-5-19-48(20-6-1)50-35-41-57(42-36-50)69(58-43-37-51(38-44-58)49-21-7-2-8-22-49)59-45-39-52(40-46-59)53-23-17-28-56(47-53)67(54-24-9-3-10-25-54)63-32-15-16-33-64(63)68(55-26-11-4-12-27-55)62-31-14-13-29-60(62)61-30-18-34-65(67)66(61)68/h1-47H. The van der Waals surface area contributed by atoms with Crippen LogP contribution in [0.3, 0.4) is 0 Å². The van der Waals surface area contributed by atoms with Crippen LogP contribution in [0.5, 0.6) is 0 Å². The molecule has 0 aromatic heterocycles. The highest BCUT2D eigenvalue weighted by atomic mass is 15.1. The zero-order chi connectivity index (χ0) is 45.8. The van der Waals surface area contributed by atoms with E-state index in [1.165, 1.54) is 83.5 Å². The van der Waals surface area contributed by atoms with E-state index in [0.717, 1.165) is 22.6 Å². The molecule has 1 nitrogen and oxygen atoms in total. The smallest absolute Gasteiger partial charge is 0.0720 e. The molecule has 0 heterocycles. The second-order valence-electron chi connectivity index (χ2n) is 18.3. The lowest BCUT2D eigenvalue weighted by molar-refractivity contribution is 0.627. The molecule has 11 aromatic carbocycles. The molecule has 0 N–H and O–H groups in total. The molecule has 2 aliphatic rings. The fraction of sp³-hybridized carbons (Fsp3) is 0.0294. The lowest BCUT2D eigenvalue weighted by Gasteiger charge is -2.49. The van der Waals surface area contributed by atoms with Crippen LogP contribution in [-0.2, 0) is 10.8 Å². The van der Waals surface area contributed by atoms with E-state index < -0.39 is 10.8 Å². The Morgan fingerprint density at radius 3 is 1.10 bits per heavy atom. The van der Waals surface area contributed by atoms with Crippen molar-refractivity contribution in [1.82, 2.24) is 0 Å². The van der Waals surface area contributed by atoms with E-state index in [1.54, 1.807) is 0 Å². The van der Waals surface area contributed by atoms with Gasteiger partial charge in [0.15, 0.2) is 0 Å². The highest BCUT2D eigenvalue weighted by molar-refractivity contribution is 5.92. The summed E-state index contributed by atoms with van der Waals surface area (Å²) in [5.41, 5.74) is 22.4. The van der Waals surface area contributed by atoms with Crippen LogP contribution in [0, 0.1) is 0 Å². The van der Waals surface area contributed by atoms with Crippen LogP contribution in [0.4, 0.5) is 17.1 Å². The number of fused-ring (bicyclic) bond motifs is 5. The third-order valence-corrected chi connectivity index (χ3v) is 14.8. The minimum absolute atomic E-state index is 0.484. The second kappa shape index (κ2) is 16.5. The summed E-state index contributed by atoms with van der Waals surface area (Å²) < 4.78 is 0. The average molecular weight is 878 g/mol. The molecule has 2 unspecified atom stereocenters. The van der Waals surface area contributed by atoms with Crippen molar-refractivity contribution in [3.8, 4) is 44.5 Å². The molecule has 0 spiro atoms. The van der Waals surface area contributed by atoms with E-state index in [4.69, 9.17) is 0 Å². The molecular weight excluding hydrogens is 831 g/mol. The topological polar surface area (TPSA) is 3.24 Å². The Morgan fingerprint density at radius 2 is 0.565 bits per heavy atom. The van der Waals surface area contributed by atoms with Crippen LogP contribution < -0.4 is 4.90 Å². The zero-order valence-electron chi connectivity index (χ0n) is 38.1. The van der Waals surface area contributed by atoms with Gasteiger partial charge in [-0.25, -0.2) is 0 Å². The molecule has 0 saturated carbocycles. The summed E-state index contributed by atoms with van der Waals surface area (Å²) in [5, 5.41) is 0. The fourth-order valence-corrected chi connectivity index (χ4v) is 11.9. The first kappa shape index (κ1) is 40.5.